The first-order chi connectivity index (χ1) is 13.8. The van der Waals surface area contributed by atoms with Crippen LogP contribution in [0, 0.1) is 0 Å². The molecule has 0 saturated carbocycles. The van der Waals surface area contributed by atoms with Crippen molar-refractivity contribution in [2.45, 2.75) is 69.7 Å². The van der Waals surface area contributed by atoms with Crippen molar-refractivity contribution in [3.05, 3.63) is 58.6 Å². The summed E-state index contributed by atoms with van der Waals surface area (Å²) >= 11 is 0. The van der Waals surface area contributed by atoms with Crippen molar-refractivity contribution in [3.63, 3.8) is 0 Å². The smallest absolute Gasteiger partial charge is 0.351 e. The Morgan fingerprint density at radius 2 is 1.87 bits per heavy atom. The predicted octanol–water partition coefficient (Wildman–Crippen LogP) is 3.99. The van der Waals surface area contributed by atoms with Gasteiger partial charge in [0, 0.05) is 12.6 Å². The average Bonchev–Trinajstić information content (AvgIpc) is 2.86. The highest BCUT2D eigenvalue weighted by Gasteiger charge is 2.62. The largest absolute Gasteiger partial charge is 0.405 e. The summed E-state index contributed by atoms with van der Waals surface area (Å²) in [6.07, 6.45) is -2.80. The fourth-order valence-electron chi connectivity index (χ4n) is 3.22. The van der Waals surface area contributed by atoms with E-state index in [1.165, 1.54) is 12.3 Å². The SMILES string of the molecule is CC(C)(C)[Si](C)(C)O[C@@H]1[C@@H](Cc2ccccc2)O[C@@H](n2ccc(N)nc2=O)C1(F)F. The number of alkyl halides is 2. The molecule has 1 fully saturated rings. The van der Waals surface area contributed by atoms with E-state index in [0.29, 0.717) is 0 Å². The van der Waals surface area contributed by atoms with Crippen LogP contribution in [0.5, 0.6) is 0 Å². The Hall–Kier alpha value is -2.10. The molecule has 1 aromatic carbocycles. The van der Waals surface area contributed by atoms with E-state index in [1.807, 2.05) is 64.2 Å². The van der Waals surface area contributed by atoms with Crippen molar-refractivity contribution in [1.82, 2.24) is 9.55 Å². The van der Waals surface area contributed by atoms with Crippen molar-refractivity contribution in [2.24, 2.45) is 0 Å². The molecule has 3 rings (SSSR count). The molecule has 1 aliphatic heterocycles. The average molecular weight is 438 g/mol. The van der Waals surface area contributed by atoms with Gasteiger partial charge in [0.15, 0.2) is 8.32 Å². The van der Waals surface area contributed by atoms with E-state index in [1.54, 1.807) is 0 Å². The fraction of sp³-hybridized carbons (Fsp3) is 0.524. The lowest BCUT2D eigenvalue weighted by atomic mass is 10.0. The Bertz CT molecular complexity index is 945. The molecule has 0 aliphatic carbocycles. The van der Waals surface area contributed by atoms with Gasteiger partial charge in [0.05, 0.1) is 6.10 Å². The number of ether oxygens (including phenoxy) is 1. The first-order valence-electron chi connectivity index (χ1n) is 9.92. The summed E-state index contributed by atoms with van der Waals surface area (Å²) in [5.74, 6) is -3.47. The van der Waals surface area contributed by atoms with Gasteiger partial charge in [-0.25, -0.2) is 4.79 Å². The molecular weight excluding hydrogens is 408 g/mol. The van der Waals surface area contributed by atoms with Crippen LogP contribution < -0.4 is 11.4 Å². The molecule has 2 heterocycles. The van der Waals surface area contributed by atoms with E-state index < -0.39 is 38.4 Å². The van der Waals surface area contributed by atoms with Crippen molar-refractivity contribution < 1.29 is 17.9 Å². The lowest BCUT2D eigenvalue weighted by Crippen LogP contribution is -2.52. The maximum absolute atomic E-state index is 15.7. The van der Waals surface area contributed by atoms with E-state index in [0.717, 1.165) is 10.1 Å². The quantitative estimate of drug-likeness (QED) is 0.716. The van der Waals surface area contributed by atoms with Gasteiger partial charge in [0.1, 0.15) is 11.9 Å². The van der Waals surface area contributed by atoms with Crippen LogP contribution >= 0.6 is 0 Å². The van der Waals surface area contributed by atoms with Gasteiger partial charge in [-0.1, -0.05) is 51.1 Å². The Balaban J connectivity index is 2.01. The van der Waals surface area contributed by atoms with Crippen LogP contribution in [-0.2, 0) is 15.6 Å². The van der Waals surface area contributed by atoms with Gasteiger partial charge >= 0.3 is 11.6 Å². The summed E-state index contributed by atoms with van der Waals surface area (Å²) in [6.45, 7) is 9.82. The van der Waals surface area contributed by atoms with Crippen molar-refractivity contribution in [2.75, 3.05) is 5.73 Å². The molecule has 1 saturated heterocycles. The van der Waals surface area contributed by atoms with Gasteiger partial charge in [0.2, 0.25) is 6.23 Å². The molecule has 0 bridgehead atoms. The zero-order valence-corrected chi connectivity index (χ0v) is 18.9. The van der Waals surface area contributed by atoms with E-state index in [2.05, 4.69) is 4.98 Å². The third-order valence-corrected chi connectivity index (χ3v) is 10.4. The molecule has 2 aromatic rings. The molecule has 0 radical (unpaired) electrons. The predicted molar refractivity (Wildman–Crippen MR) is 114 cm³/mol. The Labute approximate surface area is 176 Å². The highest BCUT2D eigenvalue weighted by molar-refractivity contribution is 6.74. The summed E-state index contributed by atoms with van der Waals surface area (Å²) in [4.78, 5) is 15.8. The lowest BCUT2D eigenvalue weighted by molar-refractivity contribution is -0.138. The Morgan fingerprint density at radius 3 is 2.43 bits per heavy atom. The monoisotopic (exact) mass is 437 g/mol. The number of nitrogens with zero attached hydrogens (tertiary/aromatic N) is 2. The second kappa shape index (κ2) is 7.86. The first-order valence-corrected chi connectivity index (χ1v) is 12.8. The summed E-state index contributed by atoms with van der Waals surface area (Å²) in [5.41, 5.74) is 5.48. The van der Waals surface area contributed by atoms with Crippen molar-refractivity contribution in [1.29, 1.82) is 0 Å². The number of rotatable bonds is 5. The summed E-state index contributed by atoms with van der Waals surface area (Å²) in [5, 5.41) is -0.266. The Kier molecular flexibility index (Phi) is 5.92. The van der Waals surface area contributed by atoms with Crippen LogP contribution in [0.3, 0.4) is 0 Å². The minimum atomic E-state index is -3.43. The zero-order valence-electron chi connectivity index (χ0n) is 17.9. The van der Waals surface area contributed by atoms with Crippen LogP contribution in [0.15, 0.2) is 47.4 Å². The maximum Gasteiger partial charge on any atom is 0.351 e. The number of hydrogen-bond acceptors (Lipinski definition) is 5. The van der Waals surface area contributed by atoms with E-state index in [9.17, 15) is 4.79 Å². The minimum Gasteiger partial charge on any atom is -0.405 e. The molecule has 0 amide bonds. The van der Waals surface area contributed by atoms with Gasteiger partial charge < -0.3 is 14.9 Å². The number of nitrogen functional groups attached to an aromatic ring is 1. The molecule has 9 heteroatoms. The molecule has 0 unspecified atom stereocenters. The highest BCUT2D eigenvalue weighted by Crippen LogP contribution is 2.48. The molecule has 3 atom stereocenters. The number of nitrogens with two attached hydrogens (primary N) is 1. The van der Waals surface area contributed by atoms with Gasteiger partial charge in [-0.3, -0.25) is 4.57 Å². The number of aromatic nitrogens is 2. The maximum atomic E-state index is 15.7. The van der Waals surface area contributed by atoms with E-state index >= 15 is 8.78 Å². The molecule has 164 valence electrons. The summed E-state index contributed by atoms with van der Waals surface area (Å²) in [7, 11) is -2.55. The van der Waals surface area contributed by atoms with Crippen LogP contribution in [0.2, 0.25) is 18.1 Å². The molecule has 1 aliphatic rings. The summed E-state index contributed by atoms with van der Waals surface area (Å²) < 4.78 is 44.1. The molecular formula is C21H29F2N3O3Si. The van der Waals surface area contributed by atoms with Crippen LogP contribution in [0.4, 0.5) is 14.6 Å². The normalized spacial score (nSPS) is 24.2. The van der Waals surface area contributed by atoms with Gasteiger partial charge in [-0.05, 0) is 29.8 Å². The summed E-state index contributed by atoms with van der Waals surface area (Å²) in [6, 6.07) is 10.6. The number of anilines is 1. The number of halogens is 2. The van der Waals surface area contributed by atoms with Gasteiger partial charge in [-0.2, -0.15) is 13.8 Å². The first kappa shape index (κ1) is 22.6. The van der Waals surface area contributed by atoms with Gasteiger partial charge in [0.25, 0.3) is 0 Å². The second-order valence-electron chi connectivity index (χ2n) is 9.23. The molecule has 6 nitrogen and oxygen atoms in total. The van der Waals surface area contributed by atoms with Gasteiger partial charge in [-0.15, -0.1) is 0 Å². The van der Waals surface area contributed by atoms with Crippen LogP contribution in [0.25, 0.3) is 0 Å². The van der Waals surface area contributed by atoms with Crippen molar-refractivity contribution in [3.8, 4) is 0 Å². The van der Waals surface area contributed by atoms with Crippen LogP contribution in [-0.4, -0.2) is 36.0 Å². The minimum absolute atomic E-state index is 0.0347. The molecule has 1 aromatic heterocycles. The molecule has 0 spiro atoms. The zero-order chi connectivity index (χ0) is 22.3. The molecule has 2 N–H and O–H groups in total. The fourth-order valence-corrected chi connectivity index (χ4v) is 4.52. The second-order valence-corrected chi connectivity index (χ2v) is 14.0. The third kappa shape index (κ3) is 4.33. The van der Waals surface area contributed by atoms with Crippen molar-refractivity contribution >= 4 is 14.1 Å². The standard InChI is InChI=1S/C21H29F2N3O3Si/c1-20(2,3)30(4,5)29-17-15(13-14-9-7-6-8-10-14)28-18(21(17,22)23)26-12-11-16(24)25-19(26)27/h6-12,15,17-18H,13H2,1-5H3,(H2,24,25,27)/t15-,17-,18-/m1/s1. The van der Waals surface area contributed by atoms with E-state index in [-0.39, 0.29) is 17.3 Å². The molecule has 30 heavy (non-hydrogen) atoms. The highest BCUT2D eigenvalue weighted by atomic mass is 28.4. The lowest BCUT2D eigenvalue weighted by Gasteiger charge is -2.40. The third-order valence-electron chi connectivity index (χ3n) is 5.96. The van der Waals surface area contributed by atoms with Crippen LogP contribution in [0.1, 0.15) is 32.6 Å². The topological polar surface area (TPSA) is 79.4 Å². The van der Waals surface area contributed by atoms with E-state index in [4.69, 9.17) is 14.9 Å². The number of hydrogen-bond donors (Lipinski definition) is 1. The number of benzene rings is 1. The Morgan fingerprint density at radius 1 is 1.23 bits per heavy atom.